The second-order valence-electron chi connectivity index (χ2n) is 2.65. The fraction of sp³-hybridized carbons (Fsp3) is 0.556. The highest BCUT2D eigenvalue weighted by molar-refractivity contribution is 5.84. The molecule has 0 rings (SSSR count). The third-order valence-corrected chi connectivity index (χ3v) is 1.58. The Hall–Kier alpha value is -1.36. The molecule has 1 amide bonds. The van der Waals surface area contributed by atoms with Gasteiger partial charge in [-0.05, 0) is 6.42 Å². The van der Waals surface area contributed by atoms with Crippen LogP contribution in [0.3, 0.4) is 0 Å². The van der Waals surface area contributed by atoms with Gasteiger partial charge in [-0.25, -0.2) is 4.79 Å². The second kappa shape index (κ2) is 7.08. The first-order chi connectivity index (χ1) is 6.65. The minimum atomic E-state index is -0.975. The first kappa shape index (κ1) is 12.6. The topological polar surface area (TPSA) is 75.6 Å². The van der Waals surface area contributed by atoms with E-state index in [9.17, 15) is 9.59 Å². The summed E-state index contributed by atoms with van der Waals surface area (Å²) >= 11 is 0. The lowest BCUT2D eigenvalue weighted by Gasteiger charge is -2.13. The van der Waals surface area contributed by atoms with Crippen LogP contribution in [0.2, 0.25) is 0 Å². The zero-order chi connectivity index (χ0) is 11.0. The highest BCUT2D eigenvalue weighted by Crippen LogP contribution is 1.92. The molecule has 0 radical (unpaired) electrons. The molecule has 80 valence electrons. The normalized spacial score (nSPS) is 11.6. The molecule has 0 saturated carbocycles. The molecule has 2 N–H and O–H groups in total. The Labute approximate surface area is 82.7 Å². The second-order valence-corrected chi connectivity index (χ2v) is 2.65. The summed E-state index contributed by atoms with van der Waals surface area (Å²) in [4.78, 5) is 22.0. The number of hydrogen-bond acceptors (Lipinski definition) is 4. The van der Waals surface area contributed by atoms with Crippen LogP contribution in [0.15, 0.2) is 12.7 Å². The van der Waals surface area contributed by atoms with Crippen molar-refractivity contribution in [2.75, 3.05) is 13.7 Å². The number of ether oxygens (including phenoxy) is 1. The van der Waals surface area contributed by atoms with Crippen molar-refractivity contribution in [3.8, 4) is 0 Å². The van der Waals surface area contributed by atoms with Gasteiger partial charge in [0, 0.05) is 6.42 Å². The summed E-state index contributed by atoms with van der Waals surface area (Å²) in [7, 11) is 1.20. The summed E-state index contributed by atoms with van der Waals surface area (Å²) in [6, 6.07) is -0.975. The van der Waals surface area contributed by atoms with Crippen molar-refractivity contribution in [3.63, 3.8) is 0 Å². The third-order valence-electron chi connectivity index (χ3n) is 1.58. The lowest BCUT2D eigenvalue weighted by Crippen LogP contribution is -2.43. The van der Waals surface area contributed by atoms with Gasteiger partial charge in [0.15, 0.2) is 6.04 Å². The van der Waals surface area contributed by atoms with Crippen LogP contribution in [-0.2, 0) is 14.3 Å². The molecule has 1 unspecified atom stereocenters. The van der Waals surface area contributed by atoms with Crippen molar-refractivity contribution in [1.82, 2.24) is 5.32 Å². The predicted octanol–water partition coefficient (Wildman–Crippen LogP) is -0.397. The molecule has 5 heteroatoms. The number of esters is 1. The minimum Gasteiger partial charge on any atom is -0.467 e. The lowest BCUT2D eigenvalue weighted by molar-refractivity contribution is -0.146. The summed E-state index contributed by atoms with van der Waals surface area (Å²) < 4.78 is 4.37. The summed E-state index contributed by atoms with van der Waals surface area (Å²) in [5.41, 5.74) is 0. The predicted molar refractivity (Wildman–Crippen MR) is 50.5 cm³/mol. The molecule has 1 atom stereocenters. The van der Waals surface area contributed by atoms with Crippen molar-refractivity contribution < 1.29 is 19.4 Å². The molecule has 0 aliphatic heterocycles. The Morgan fingerprint density at radius 2 is 2.29 bits per heavy atom. The van der Waals surface area contributed by atoms with E-state index in [2.05, 4.69) is 16.6 Å². The number of amides is 1. The van der Waals surface area contributed by atoms with E-state index in [1.54, 1.807) is 6.08 Å². The Balaban J connectivity index is 3.98. The number of nitrogens with one attached hydrogen (secondary N) is 1. The van der Waals surface area contributed by atoms with Crippen molar-refractivity contribution in [3.05, 3.63) is 12.7 Å². The van der Waals surface area contributed by atoms with Crippen LogP contribution in [0, 0.1) is 0 Å². The molecule has 0 aromatic rings. The fourth-order valence-electron chi connectivity index (χ4n) is 0.821. The maximum Gasteiger partial charge on any atom is 0.330 e. The van der Waals surface area contributed by atoms with E-state index in [1.807, 2.05) is 0 Å². The Morgan fingerprint density at radius 1 is 1.64 bits per heavy atom. The standard InChI is InChI=1S/C9H15NO4/c1-3-4-5-8(12)10-7(6-11)9(13)14-2/h3,7,11H,1,4-6H2,2H3,(H,10,12). The number of aliphatic hydroxyl groups excluding tert-OH is 1. The van der Waals surface area contributed by atoms with Crippen molar-refractivity contribution in [2.45, 2.75) is 18.9 Å². The minimum absolute atomic E-state index is 0.247. The zero-order valence-electron chi connectivity index (χ0n) is 8.16. The molecule has 5 nitrogen and oxygen atoms in total. The average Bonchev–Trinajstić information content (AvgIpc) is 2.21. The van der Waals surface area contributed by atoms with Gasteiger partial charge in [0.1, 0.15) is 0 Å². The van der Waals surface area contributed by atoms with Crippen LogP contribution in [0.4, 0.5) is 0 Å². The number of carbonyl (C=O) groups is 2. The Morgan fingerprint density at radius 3 is 2.71 bits per heavy atom. The van der Waals surface area contributed by atoms with Gasteiger partial charge in [-0.1, -0.05) is 6.08 Å². The van der Waals surface area contributed by atoms with Crippen LogP contribution >= 0.6 is 0 Å². The van der Waals surface area contributed by atoms with E-state index in [0.717, 1.165) is 0 Å². The number of hydrogen-bond donors (Lipinski definition) is 2. The van der Waals surface area contributed by atoms with Crippen LogP contribution in [0.5, 0.6) is 0 Å². The maximum absolute atomic E-state index is 11.1. The summed E-state index contributed by atoms with van der Waals surface area (Å²) in [6.45, 7) is 3.00. The number of aliphatic hydroxyl groups is 1. The molecule has 0 fully saturated rings. The van der Waals surface area contributed by atoms with Gasteiger partial charge < -0.3 is 15.2 Å². The number of methoxy groups -OCH3 is 1. The average molecular weight is 201 g/mol. The van der Waals surface area contributed by atoms with Crippen molar-refractivity contribution in [1.29, 1.82) is 0 Å². The zero-order valence-corrected chi connectivity index (χ0v) is 8.16. The van der Waals surface area contributed by atoms with Gasteiger partial charge in [-0.2, -0.15) is 0 Å². The highest BCUT2D eigenvalue weighted by Gasteiger charge is 2.19. The number of allylic oxidation sites excluding steroid dienone is 1. The van der Waals surface area contributed by atoms with Crippen molar-refractivity contribution >= 4 is 11.9 Å². The van der Waals surface area contributed by atoms with Crippen LogP contribution < -0.4 is 5.32 Å². The van der Waals surface area contributed by atoms with E-state index >= 15 is 0 Å². The van der Waals surface area contributed by atoms with Gasteiger partial charge in [-0.3, -0.25) is 4.79 Å². The Bertz CT molecular complexity index is 215. The van der Waals surface area contributed by atoms with Gasteiger partial charge in [0.2, 0.25) is 5.91 Å². The third kappa shape index (κ3) is 4.61. The molecule has 0 heterocycles. The smallest absolute Gasteiger partial charge is 0.330 e. The van der Waals surface area contributed by atoms with Crippen molar-refractivity contribution in [2.24, 2.45) is 0 Å². The molecule has 0 aromatic heterocycles. The largest absolute Gasteiger partial charge is 0.467 e. The molecular weight excluding hydrogens is 186 g/mol. The quantitative estimate of drug-likeness (QED) is 0.453. The summed E-state index contributed by atoms with van der Waals surface area (Å²) in [6.07, 6.45) is 2.38. The van der Waals surface area contributed by atoms with Crippen LogP contribution in [0.25, 0.3) is 0 Å². The highest BCUT2D eigenvalue weighted by atomic mass is 16.5. The molecule has 0 aliphatic rings. The van der Waals surface area contributed by atoms with Crippen LogP contribution in [-0.4, -0.2) is 36.7 Å². The molecule has 0 saturated heterocycles. The fourth-order valence-corrected chi connectivity index (χ4v) is 0.821. The van der Waals surface area contributed by atoms with E-state index in [1.165, 1.54) is 7.11 Å². The van der Waals surface area contributed by atoms with E-state index in [4.69, 9.17) is 5.11 Å². The van der Waals surface area contributed by atoms with Gasteiger partial charge in [-0.15, -0.1) is 6.58 Å². The molecular formula is C9H15NO4. The molecule has 14 heavy (non-hydrogen) atoms. The van der Waals surface area contributed by atoms with Gasteiger partial charge in [0.25, 0.3) is 0 Å². The maximum atomic E-state index is 11.1. The summed E-state index contributed by atoms with van der Waals surface area (Å²) in [5, 5.41) is 11.1. The number of carbonyl (C=O) groups excluding carboxylic acids is 2. The summed E-state index contributed by atoms with van der Waals surface area (Å²) in [5.74, 6) is -0.964. The Kier molecular flexibility index (Phi) is 6.39. The van der Waals surface area contributed by atoms with Gasteiger partial charge >= 0.3 is 5.97 Å². The first-order valence-corrected chi connectivity index (χ1v) is 4.24. The first-order valence-electron chi connectivity index (χ1n) is 4.24. The number of rotatable bonds is 6. The monoisotopic (exact) mass is 201 g/mol. The molecule has 0 spiro atoms. The van der Waals surface area contributed by atoms with Gasteiger partial charge in [0.05, 0.1) is 13.7 Å². The molecule has 0 aliphatic carbocycles. The van der Waals surface area contributed by atoms with E-state index < -0.39 is 18.6 Å². The lowest BCUT2D eigenvalue weighted by atomic mass is 10.2. The van der Waals surface area contributed by atoms with E-state index in [0.29, 0.717) is 6.42 Å². The molecule has 0 bridgehead atoms. The molecule has 0 aromatic carbocycles. The SMILES string of the molecule is C=CCCC(=O)NC(CO)C(=O)OC. The van der Waals surface area contributed by atoms with E-state index in [-0.39, 0.29) is 12.3 Å². The van der Waals surface area contributed by atoms with Crippen LogP contribution in [0.1, 0.15) is 12.8 Å².